The zero-order valence-corrected chi connectivity index (χ0v) is 20.0. The van der Waals surface area contributed by atoms with Gasteiger partial charge in [0.05, 0.1) is 17.8 Å². The molecule has 1 aliphatic heterocycles. The average Bonchev–Trinajstić information content (AvgIpc) is 3.18. The molecule has 2 atom stereocenters. The van der Waals surface area contributed by atoms with Gasteiger partial charge in [-0.15, -0.1) is 0 Å². The van der Waals surface area contributed by atoms with Gasteiger partial charge in [0.2, 0.25) is 5.91 Å². The summed E-state index contributed by atoms with van der Waals surface area (Å²) in [6, 6.07) is 13.4. The topological polar surface area (TPSA) is 100.0 Å². The first-order valence-corrected chi connectivity index (χ1v) is 12.7. The molecule has 2 heterocycles. The molecule has 3 rings (SSSR count). The number of nitrogens with zero attached hydrogens (tertiary/aromatic N) is 2. The largest absolute Gasteiger partial charge is 0.487 e. The minimum atomic E-state index is -0.775. The van der Waals surface area contributed by atoms with Crippen molar-refractivity contribution in [1.29, 1.82) is 0 Å². The molecule has 1 amide bonds. The Morgan fingerprint density at radius 3 is 2.94 bits per heavy atom. The lowest BCUT2D eigenvalue weighted by molar-refractivity contribution is -0.137. The van der Waals surface area contributed by atoms with Crippen molar-refractivity contribution in [1.82, 2.24) is 9.88 Å². The van der Waals surface area contributed by atoms with Crippen molar-refractivity contribution in [2.24, 2.45) is 0 Å². The van der Waals surface area contributed by atoms with Crippen LogP contribution >= 0.6 is 11.8 Å². The summed E-state index contributed by atoms with van der Waals surface area (Å²) in [5.74, 6) is 1.64. The third-order valence-corrected chi connectivity index (χ3v) is 6.59. The lowest BCUT2D eigenvalue weighted by atomic mass is 10.1. The van der Waals surface area contributed by atoms with Gasteiger partial charge in [-0.3, -0.25) is 14.6 Å². The number of hydrogen-bond donors (Lipinski definition) is 2. The Kier molecular flexibility index (Phi) is 10.4. The van der Waals surface area contributed by atoms with Crippen molar-refractivity contribution in [3.8, 4) is 5.75 Å². The molecule has 2 N–H and O–H groups in total. The molecule has 34 heavy (non-hydrogen) atoms. The van der Waals surface area contributed by atoms with Crippen LogP contribution in [-0.2, 0) is 22.6 Å². The van der Waals surface area contributed by atoms with E-state index in [0.717, 1.165) is 34.9 Å². The fourth-order valence-corrected chi connectivity index (χ4v) is 4.68. The highest BCUT2D eigenvalue weighted by molar-refractivity contribution is 7.99. The molecular formula is C26H32N2O5S. The molecular weight excluding hydrogens is 452 g/mol. The molecule has 1 aromatic heterocycles. The molecule has 0 spiro atoms. The Morgan fingerprint density at radius 1 is 1.26 bits per heavy atom. The van der Waals surface area contributed by atoms with Crippen LogP contribution in [0.15, 0.2) is 60.8 Å². The van der Waals surface area contributed by atoms with Crippen LogP contribution in [0.5, 0.6) is 5.75 Å². The van der Waals surface area contributed by atoms with Crippen LogP contribution in [0, 0.1) is 0 Å². The average molecular weight is 485 g/mol. The number of carboxylic acid groups (broad SMARTS) is 1. The summed E-state index contributed by atoms with van der Waals surface area (Å²) >= 11 is 1.67. The van der Waals surface area contributed by atoms with Crippen LogP contribution in [-0.4, -0.2) is 62.2 Å². The fourth-order valence-electron chi connectivity index (χ4n) is 3.81. The Labute approximate surface area is 204 Å². The number of thioether (sulfide) groups is 1. The normalized spacial score (nSPS) is 16.8. The molecule has 0 radical (unpaired) electrons. The number of aliphatic hydroxyl groups excluding tert-OH is 1. The monoisotopic (exact) mass is 484 g/mol. The molecule has 7 nitrogen and oxygen atoms in total. The van der Waals surface area contributed by atoms with Crippen LogP contribution in [0.25, 0.3) is 0 Å². The van der Waals surface area contributed by atoms with Gasteiger partial charge in [-0.05, 0) is 48.4 Å². The number of aliphatic hydroxyl groups is 1. The van der Waals surface area contributed by atoms with Crippen LogP contribution in [0.1, 0.15) is 36.9 Å². The molecule has 1 saturated heterocycles. The van der Waals surface area contributed by atoms with Crippen molar-refractivity contribution in [2.45, 2.75) is 50.9 Å². The van der Waals surface area contributed by atoms with E-state index in [-0.39, 0.29) is 18.4 Å². The summed E-state index contributed by atoms with van der Waals surface area (Å²) in [4.78, 5) is 28.9. The summed E-state index contributed by atoms with van der Waals surface area (Å²) in [7, 11) is 0. The molecule has 1 aromatic carbocycles. The van der Waals surface area contributed by atoms with E-state index in [2.05, 4.69) is 4.98 Å². The van der Waals surface area contributed by atoms with Gasteiger partial charge in [0.25, 0.3) is 0 Å². The van der Waals surface area contributed by atoms with E-state index in [0.29, 0.717) is 32.4 Å². The third kappa shape index (κ3) is 8.83. The Bertz CT molecular complexity index is 953. The predicted molar refractivity (Wildman–Crippen MR) is 133 cm³/mol. The van der Waals surface area contributed by atoms with Crippen molar-refractivity contribution in [3.05, 3.63) is 72.1 Å². The van der Waals surface area contributed by atoms with Crippen LogP contribution < -0.4 is 4.74 Å². The van der Waals surface area contributed by atoms with E-state index in [1.165, 1.54) is 0 Å². The van der Waals surface area contributed by atoms with Crippen molar-refractivity contribution in [2.75, 3.05) is 18.1 Å². The van der Waals surface area contributed by atoms with Crippen LogP contribution in [0.4, 0.5) is 0 Å². The van der Waals surface area contributed by atoms with E-state index in [4.69, 9.17) is 9.84 Å². The van der Waals surface area contributed by atoms with Gasteiger partial charge in [0, 0.05) is 37.8 Å². The minimum Gasteiger partial charge on any atom is -0.487 e. The molecule has 2 aromatic rings. The zero-order valence-electron chi connectivity index (χ0n) is 19.2. The summed E-state index contributed by atoms with van der Waals surface area (Å²) < 4.78 is 5.82. The fraction of sp³-hybridized carbons (Fsp3) is 0.423. The summed E-state index contributed by atoms with van der Waals surface area (Å²) in [5, 5.41) is 19.2. The van der Waals surface area contributed by atoms with E-state index in [9.17, 15) is 14.7 Å². The summed E-state index contributed by atoms with van der Waals surface area (Å²) in [6.07, 6.45) is 7.33. The van der Waals surface area contributed by atoms with Gasteiger partial charge in [-0.1, -0.05) is 30.4 Å². The summed E-state index contributed by atoms with van der Waals surface area (Å²) in [6.45, 7) is 1.02. The Hall–Kier alpha value is -2.84. The molecule has 1 fully saturated rings. The zero-order chi connectivity index (χ0) is 24.2. The van der Waals surface area contributed by atoms with Gasteiger partial charge in [0.1, 0.15) is 12.4 Å². The number of carboxylic acids is 1. The van der Waals surface area contributed by atoms with E-state index < -0.39 is 12.1 Å². The number of likely N-dealkylation sites (tertiary alicyclic amines) is 1. The van der Waals surface area contributed by atoms with Crippen molar-refractivity contribution >= 4 is 23.6 Å². The standard InChI is InChI=1S/C26H32N2O5S/c29-23(17-20-5-3-7-24(18-20)33-19-21-6-1-2-13-27-21)11-9-22-10-12-25(30)28(22)14-16-34-15-4-8-26(31)32/h1-3,5-7,9,11,13,18,22-23,29H,4,8,10,12,14-17,19H2,(H,31,32)/t22-,23+/m0/s1. The van der Waals surface area contributed by atoms with Gasteiger partial charge >= 0.3 is 5.97 Å². The second kappa shape index (κ2) is 13.8. The second-order valence-corrected chi connectivity index (χ2v) is 9.44. The number of carbonyl (C=O) groups excluding carboxylic acids is 1. The molecule has 1 aliphatic rings. The lowest BCUT2D eigenvalue weighted by Crippen LogP contribution is -2.34. The Morgan fingerprint density at radius 2 is 2.15 bits per heavy atom. The molecule has 0 saturated carbocycles. The number of pyridine rings is 1. The highest BCUT2D eigenvalue weighted by atomic mass is 32.2. The van der Waals surface area contributed by atoms with E-state index in [1.807, 2.05) is 53.4 Å². The maximum atomic E-state index is 12.3. The number of amides is 1. The molecule has 8 heteroatoms. The highest BCUT2D eigenvalue weighted by Gasteiger charge is 2.28. The molecule has 182 valence electrons. The number of aliphatic carboxylic acids is 1. The molecule has 0 bridgehead atoms. The second-order valence-electron chi connectivity index (χ2n) is 8.22. The number of rotatable bonds is 14. The maximum absolute atomic E-state index is 12.3. The van der Waals surface area contributed by atoms with Gasteiger partial charge in [-0.2, -0.15) is 11.8 Å². The lowest BCUT2D eigenvalue weighted by Gasteiger charge is -2.22. The molecule has 0 unspecified atom stereocenters. The summed E-state index contributed by atoms with van der Waals surface area (Å²) in [5.41, 5.74) is 1.82. The van der Waals surface area contributed by atoms with E-state index in [1.54, 1.807) is 24.0 Å². The number of hydrogen-bond acceptors (Lipinski definition) is 6. The first kappa shape index (κ1) is 25.8. The van der Waals surface area contributed by atoms with Crippen molar-refractivity contribution < 1.29 is 24.5 Å². The number of ether oxygens (including phenoxy) is 1. The minimum absolute atomic E-state index is 0.00481. The predicted octanol–water partition coefficient (Wildman–Crippen LogP) is 3.71. The number of carbonyl (C=O) groups is 2. The third-order valence-electron chi connectivity index (χ3n) is 5.54. The SMILES string of the molecule is O=C(O)CCCSCCN1C(=O)CC[C@@H]1C=C[C@@H](O)Cc1cccc(OCc2ccccn2)c1. The van der Waals surface area contributed by atoms with Gasteiger partial charge in [-0.25, -0.2) is 0 Å². The number of benzene rings is 1. The van der Waals surface area contributed by atoms with Crippen molar-refractivity contribution in [3.63, 3.8) is 0 Å². The number of aromatic nitrogens is 1. The van der Waals surface area contributed by atoms with Crippen LogP contribution in [0.3, 0.4) is 0 Å². The van der Waals surface area contributed by atoms with Gasteiger partial charge in [0.15, 0.2) is 0 Å². The molecule has 0 aliphatic carbocycles. The Balaban J connectivity index is 1.44. The van der Waals surface area contributed by atoms with Gasteiger partial charge < -0.3 is 19.8 Å². The van der Waals surface area contributed by atoms with E-state index >= 15 is 0 Å². The van der Waals surface area contributed by atoms with Crippen LogP contribution in [0.2, 0.25) is 0 Å². The highest BCUT2D eigenvalue weighted by Crippen LogP contribution is 2.22. The maximum Gasteiger partial charge on any atom is 0.303 e. The first-order chi connectivity index (χ1) is 16.5. The first-order valence-electron chi connectivity index (χ1n) is 11.6. The smallest absolute Gasteiger partial charge is 0.303 e. The quantitative estimate of drug-likeness (QED) is 0.311.